The van der Waals surface area contributed by atoms with Crippen LogP contribution in [0.2, 0.25) is 0 Å². The molecule has 0 aliphatic heterocycles. The van der Waals surface area contributed by atoms with Gasteiger partial charge in [-0.3, -0.25) is 4.79 Å². The van der Waals surface area contributed by atoms with Crippen LogP contribution in [0.3, 0.4) is 0 Å². The quantitative estimate of drug-likeness (QED) is 0.757. The number of nitrogens with zero attached hydrogens (tertiary/aromatic N) is 2. The minimum atomic E-state index is -5.15. The molecule has 26 heavy (non-hydrogen) atoms. The number of ether oxygens (including phenoxy) is 1. The zero-order chi connectivity index (χ0) is 19.5. The van der Waals surface area contributed by atoms with Gasteiger partial charge in [0.1, 0.15) is 5.75 Å². The van der Waals surface area contributed by atoms with Crippen LogP contribution in [-0.2, 0) is 17.4 Å². The number of rotatable bonds is 6. The Balaban J connectivity index is 2.14. The van der Waals surface area contributed by atoms with Crippen LogP contribution in [0.1, 0.15) is 12.2 Å². The Morgan fingerprint density at radius 2 is 1.92 bits per heavy atom. The zero-order valence-electron chi connectivity index (χ0n) is 13.3. The minimum Gasteiger partial charge on any atom is -0.435 e. The third kappa shape index (κ3) is 4.28. The average Bonchev–Trinajstić information content (AvgIpc) is 2.94. The van der Waals surface area contributed by atoms with E-state index in [4.69, 9.17) is 0 Å². The van der Waals surface area contributed by atoms with E-state index in [1.165, 1.54) is 25.4 Å². The summed E-state index contributed by atoms with van der Waals surface area (Å²) in [6.07, 6.45) is -4.23. The highest BCUT2D eigenvalue weighted by Gasteiger charge is 2.58. The minimum absolute atomic E-state index is 0.0426. The molecule has 6 nitrogen and oxygen atoms in total. The van der Waals surface area contributed by atoms with Gasteiger partial charge in [-0.25, -0.2) is 4.98 Å². The van der Waals surface area contributed by atoms with Gasteiger partial charge in [0, 0.05) is 25.1 Å². The number of carbonyl (C=O) groups is 1. The molecule has 2 aromatic rings. The van der Waals surface area contributed by atoms with Crippen molar-refractivity contribution in [1.82, 2.24) is 9.55 Å². The zero-order valence-corrected chi connectivity index (χ0v) is 13.3. The maximum atomic E-state index is 13.4. The first-order chi connectivity index (χ1) is 12.0. The number of alkyl halides is 5. The molecule has 0 spiro atoms. The first-order valence-electron chi connectivity index (χ1n) is 7.14. The van der Waals surface area contributed by atoms with E-state index in [0.717, 1.165) is 22.9 Å². The lowest BCUT2D eigenvalue weighted by Gasteiger charge is -2.29. The molecule has 0 aliphatic carbocycles. The van der Waals surface area contributed by atoms with E-state index in [2.05, 4.69) is 15.0 Å². The SMILES string of the molecule is Cn1ccnc1C(O)(CC(=O)Nc1ccc(OC(F)F)cc1)C(F)(F)F. The molecule has 1 heterocycles. The van der Waals surface area contributed by atoms with Crippen LogP contribution in [-0.4, -0.2) is 33.4 Å². The lowest BCUT2D eigenvalue weighted by atomic mass is 9.97. The van der Waals surface area contributed by atoms with Crippen molar-refractivity contribution in [2.75, 3.05) is 5.32 Å². The van der Waals surface area contributed by atoms with Gasteiger partial charge in [0.25, 0.3) is 0 Å². The van der Waals surface area contributed by atoms with Gasteiger partial charge in [-0.2, -0.15) is 22.0 Å². The first-order valence-corrected chi connectivity index (χ1v) is 7.14. The topological polar surface area (TPSA) is 76.4 Å². The van der Waals surface area contributed by atoms with Crippen LogP contribution >= 0.6 is 0 Å². The predicted molar refractivity (Wildman–Crippen MR) is 79.5 cm³/mol. The summed E-state index contributed by atoms with van der Waals surface area (Å²) in [4.78, 5) is 15.5. The second kappa shape index (κ2) is 7.28. The third-order valence-corrected chi connectivity index (χ3v) is 3.44. The summed E-state index contributed by atoms with van der Waals surface area (Å²) >= 11 is 0. The molecule has 2 N–H and O–H groups in total. The molecule has 11 heteroatoms. The van der Waals surface area contributed by atoms with Crippen molar-refractivity contribution in [3.8, 4) is 5.75 Å². The van der Waals surface area contributed by atoms with Crippen molar-refractivity contribution in [2.45, 2.75) is 24.8 Å². The maximum absolute atomic E-state index is 13.4. The summed E-state index contributed by atoms with van der Waals surface area (Å²) in [7, 11) is 1.25. The fraction of sp³-hybridized carbons (Fsp3) is 0.333. The second-order valence-corrected chi connectivity index (χ2v) is 5.35. The van der Waals surface area contributed by atoms with E-state index >= 15 is 0 Å². The number of carbonyl (C=O) groups excluding carboxylic acids is 1. The highest BCUT2D eigenvalue weighted by molar-refractivity contribution is 5.91. The van der Waals surface area contributed by atoms with Crippen LogP contribution in [0.5, 0.6) is 5.75 Å². The first kappa shape index (κ1) is 19.6. The van der Waals surface area contributed by atoms with Crippen LogP contribution in [0.15, 0.2) is 36.7 Å². The van der Waals surface area contributed by atoms with Crippen molar-refractivity contribution in [3.05, 3.63) is 42.5 Å². The van der Waals surface area contributed by atoms with Crippen LogP contribution in [0, 0.1) is 0 Å². The predicted octanol–water partition coefficient (Wildman–Crippen LogP) is 2.80. The van der Waals surface area contributed by atoms with E-state index in [9.17, 15) is 31.9 Å². The summed E-state index contributed by atoms with van der Waals surface area (Å²) in [6, 6.07) is 4.55. The molecule has 1 aromatic carbocycles. The lowest BCUT2D eigenvalue weighted by molar-refractivity contribution is -0.270. The van der Waals surface area contributed by atoms with Gasteiger partial charge in [-0.05, 0) is 24.3 Å². The standard InChI is InChI=1S/C15H14F5N3O3/c1-23-7-6-21-12(23)14(25,15(18,19)20)8-11(24)22-9-2-4-10(5-3-9)26-13(16)17/h2-7,13,25H,8H2,1H3,(H,22,24). The number of halogens is 5. The van der Waals surface area contributed by atoms with Gasteiger partial charge in [0.2, 0.25) is 11.5 Å². The number of aryl methyl sites for hydroxylation is 1. The molecule has 1 atom stereocenters. The summed E-state index contributed by atoms with van der Waals surface area (Å²) in [5.74, 6) is -2.06. The number of hydrogen-bond donors (Lipinski definition) is 2. The largest absolute Gasteiger partial charge is 0.435 e. The number of aliphatic hydroxyl groups is 1. The normalized spacial score (nSPS) is 14.2. The molecule has 1 aromatic heterocycles. The van der Waals surface area contributed by atoms with E-state index in [1.807, 2.05) is 0 Å². The molecular formula is C15H14F5N3O3. The average molecular weight is 379 g/mol. The fourth-order valence-electron chi connectivity index (χ4n) is 2.23. The van der Waals surface area contributed by atoms with Crippen LogP contribution < -0.4 is 10.1 Å². The number of imidazole rings is 1. The Hall–Kier alpha value is -2.69. The molecule has 0 saturated carbocycles. The van der Waals surface area contributed by atoms with Crippen molar-refractivity contribution in [3.63, 3.8) is 0 Å². The Labute approximate surface area is 144 Å². The molecule has 1 amide bonds. The Kier molecular flexibility index (Phi) is 5.50. The van der Waals surface area contributed by atoms with E-state index in [1.54, 1.807) is 0 Å². The summed E-state index contributed by atoms with van der Waals surface area (Å²) in [5, 5.41) is 12.3. The molecule has 142 valence electrons. The number of hydrogen-bond acceptors (Lipinski definition) is 4. The van der Waals surface area contributed by atoms with Crippen LogP contribution in [0.25, 0.3) is 0 Å². The Morgan fingerprint density at radius 3 is 2.38 bits per heavy atom. The molecule has 2 rings (SSSR count). The summed E-state index contributed by atoms with van der Waals surface area (Å²) in [6.45, 7) is -3.03. The fourth-order valence-corrected chi connectivity index (χ4v) is 2.23. The van der Waals surface area contributed by atoms with Crippen molar-refractivity contribution in [2.24, 2.45) is 7.05 Å². The smallest absolute Gasteiger partial charge is 0.425 e. The molecular weight excluding hydrogens is 365 g/mol. The number of benzene rings is 1. The molecule has 0 aliphatic rings. The van der Waals surface area contributed by atoms with E-state index in [0.29, 0.717) is 0 Å². The number of anilines is 1. The van der Waals surface area contributed by atoms with E-state index in [-0.39, 0.29) is 11.4 Å². The second-order valence-electron chi connectivity index (χ2n) is 5.35. The van der Waals surface area contributed by atoms with Gasteiger partial charge < -0.3 is 19.7 Å². The maximum Gasteiger partial charge on any atom is 0.425 e. The van der Waals surface area contributed by atoms with Gasteiger partial charge in [0.05, 0.1) is 6.42 Å². The molecule has 0 saturated heterocycles. The lowest BCUT2D eigenvalue weighted by Crippen LogP contribution is -2.46. The van der Waals surface area contributed by atoms with Crippen molar-refractivity contribution in [1.29, 1.82) is 0 Å². The number of aromatic nitrogens is 2. The van der Waals surface area contributed by atoms with Crippen molar-refractivity contribution < 1.29 is 36.6 Å². The number of amides is 1. The Bertz CT molecular complexity index is 761. The van der Waals surface area contributed by atoms with Gasteiger partial charge in [-0.1, -0.05) is 0 Å². The van der Waals surface area contributed by atoms with E-state index < -0.39 is 36.5 Å². The molecule has 1 unspecified atom stereocenters. The Morgan fingerprint density at radius 1 is 1.31 bits per heavy atom. The molecule has 0 radical (unpaired) electrons. The number of nitrogens with one attached hydrogen (secondary N) is 1. The van der Waals surface area contributed by atoms with Crippen molar-refractivity contribution >= 4 is 11.6 Å². The van der Waals surface area contributed by atoms with Gasteiger partial charge >= 0.3 is 12.8 Å². The monoisotopic (exact) mass is 379 g/mol. The highest BCUT2D eigenvalue weighted by Crippen LogP contribution is 2.40. The highest BCUT2D eigenvalue weighted by atomic mass is 19.4. The van der Waals surface area contributed by atoms with Gasteiger partial charge in [-0.15, -0.1) is 0 Å². The third-order valence-electron chi connectivity index (χ3n) is 3.44. The molecule has 0 fully saturated rings. The summed E-state index contributed by atoms with van der Waals surface area (Å²) < 4.78 is 69.2. The summed E-state index contributed by atoms with van der Waals surface area (Å²) in [5.41, 5.74) is -3.45. The van der Waals surface area contributed by atoms with Gasteiger partial charge in [0.15, 0.2) is 5.82 Å². The molecule has 0 bridgehead atoms. The van der Waals surface area contributed by atoms with Crippen LogP contribution in [0.4, 0.5) is 27.6 Å².